The van der Waals surface area contributed by atoms with Crippen LogP contribution in [0.3, 0.4) is 0 Å². The monoisotopic (exact) mass is 264 g/mol. The molecule has 0 bridgehead atoms. The van der Waals surface area contributed by atoms with E-state index < -0.39 is 17.7 Å². The van der Waals surface area contributed by atoms with Gasteiger partial charge in [-0.1, -0.05) is 6.07 Å². The van der Waals surface area contributed by atoms with Gasteiger partial charge in [-0.2, -0.15) is 0 Å². The van der Waals surface area contributed by atoms with E-state index in [1.807, 2.05) is 0 Å². The van der Waals surface area contributed by atoms with E-state index in [1.165, 1.54) is 6.92 Å². The number of carbonyl (C=O) groups is 3. The van der Waals surface area contributed by atoms with Crippen molar-refractivity contribution in [2.45, 2.75) is 13.5 Å². The number of rotatable bonds is 4. The molecule has 7 nitrogen and oxygen atoms in total. The van der Waals surface area contributed by atoms with Crippen LogP contribution in [0.5, 0.6) is 0 Å². The molecule has 0 saturated carbocycles. The second-order valence-corrected chi connectivity index (χ2v) is 3.77. The predicted molar refractivity (Wildman–Crippen MR) is 67.5 cm³/mol. The lowest BCUT2D eigenvalue weighted by Crippen LogP contribution is -2.46. The number of imide groups is 1. The van der Waals surface area contributed by atoms with E-state index in [2.05, 4.69) is 10.3 Å². The van der Waals surface area contributed by atoms with Gasteiger partial charge in [0.2, 0.25) is 5.91 Å². The fourth-order valence-electron chi connectivity index (χ4n) is 1.40. The third kappa shape index (κ3) is 4.47. The van der Waals surface area contributed by atoms with Crippen LogP contribution in [-0.2, 0) is 20.9 Å². The molecule has 1 rings (SSSR count). The first kappa shape index (κ1) is 14.8. The zero-order valence-corrected chi connectivity index (χ0v) is 10.6. The Kier molecular flexibility index (Phi) is 5.62. The van der Waals surface area contributed by atoms with E-state index in [9.17, 15) is 14.4 Å². The molecule has 0 spiro atoms. The van der Waals surface area contributed by atoms with Crippen LogP contribution >= 0.6 is 0 Å². The lowest BCUT2D eigenvalue weighted by Gasteiger charge is -2.17. The van der Waals surface area contributed by atoms with Gasteiger partial charge in [0.1, 0.15) is 0 Å². The summed E-state index contributed by atoms with van der Waals surface area (Å²) in [4.78, 5) is 39.4. The Morgan fingerprint density at radius 1 is 1.37 bits per heavy atom. The quantitative estimate of drug-likeness (QED) is 0.681. The van der Waals surface area contributed by atoms with Gasteiger partial charge in [0.25, 0.3) is 0 Å². The van der Waals surface area contributed by atoms with Crippen LogP contribution in [0.4, 0.5) is 0 Å². The molecule has 102 valence electrons. The highest BCUT2D eigenvalue weighted by molar-refractivity contribution is 6.37. The third-order valence-electron chi connectivity index (χ3n) is 2.33. The lowest BCUT2D eigenvalue weighted by atomic mass is 10.3. The SMILES string of the molecule is CC(=O)N(CCN)C(=O)C(=O)NCc1ccccn1. The van der Waals surface area contributed by atoms with E-state index >= 15 is 0 Å². The number of pyridine rings is 1. The molecule has 0 aliphatic carbocycles. The standard InChI is InChI=1S/C12H16N4O3/c1-9(17)16(7-5-13)12(19)11(18)15-8-10-4-2-3-6-14-10/h2-4,6H,5,7-8,13H2,1H3,(H,15,18). The summed E-state index contributed by atoms with van der Waals surface area (Å²) < 4.78 is 0. The van der Waals surface area contributed by atoms with Crippen LogP contribution in [0.25, 0.3) is 0 Å². The summed E-state index contributed by atoms with van der Waals surface area (Å²) in [6.07, 6.45) is 1.58. The fraction of sp³-hybridized carbons (Fsp3) is 0.333. The van der Waals surface area contributed by atoms with Gasteiger partial charge in [0, 0.05) is 26.2 Å². The Morgan fingerprint density at radius 2 is 2.11 bits per heavy atom. The topological polar surface area (TPSA) is 105 Å². The van der Waals surface area contributed by atoms with Crippen molar-refractivity contribution in [3.8, 4) is 0 Å². The van der Waals surface area contributed by atoms with E-state index in [4.69, 9.17) is 5.73 Å². The van der Waals surface area contributed by atoms with Crippen molar-refractivity contribution in [2.75, 3.05) is 13.1 Å². The van der Waals surface area contributed by atoms with Crippen molar-refractivity contribution in [1.29, 1.82) is 0 Å². The minimum absolute atomic E-state index is 0.0190. The van der Waals surface area contributed by atoms with Crippen molar-refractivity contribution in [1.82, 2.24) is 15.2 Å². The molecule has 1 heterocycles. The fourth-order valence-corrected chi connectivity index (χ4v) is 1.40. The van der Waals surface area contributed by atoms with Gasteiger partial charge >= 0.3 is 11.8 Å². The van der Waals surface area contributed by atoms with Crippen LogP contribution < -0.4 is 11.1 Å². The first-order valence-corrected chi connectivity index (χ1v) is 5.76. The van der Waals surface area contributed by atoms with Crippen LogP contribution in [0.1, 0.15) is 12.6 Å². The molecular weight excluding hydrogens is 248 g/mol. The zero-order chi connectivity index (χ0) is 14.3. The summed E-state index contributed by atoms with van der Waals surface area (Å²) in [5.41, 5.74) is 5.90. The number of carbonyl (C=O) groups excluding carboxylic acids is 3. The van der Waals surface area contributed by atoms with Crippen molar-refractivity contribution in [3.63, 3.8) is 0 Å². The van der Waals surface area contributed by atoms with Gasteiger partial charge in [-0.05, 0) is 12.1 Å². The first-order chi connectivity index (χ1) is 9.06. The molecule has 7 heteroatoms. The maximum Gasteiger partial charge on any atom is 0.318 e. The summed E-state index contributed by atoms with van der Waals surface area (Å²) >= 11 is 0. The average molecular weight is 264 g/mol. The van der Waals surface area contributed by atoms with Crippen molar-refractivity contribution in [3.05, 3.63) is 30.1 Å². The highest BCUT2D eigenvalue weighted by Crippen LogP contribution is 1.94. The summed E-state index contributed by atoms with van der Waals surface area (Å²) in [6, 6.07) is 5.23. The number of hydrogen-bond acceptors (Lipinski definition) is 5. The van der Waals surface area contributed by atoms with Gasteiger partial charge in [-0.3, -0.25) is 24.3 Å². The van der Waals surface area contributed by atoms with Gasteiger partial charge in [0.15, 0.2) is 0 Å². The maximum absolute atomic E-state index is 11.7. The van der Waals surface area contributed by atoms with Gasteiger partial charge in [0.05, 0.1) is 12.2 Å². The van der Waals surface area contributed by atoms with Crippen LogP contribution in [0.2, 0.25) is 0 Å². The van der Waals surface area contributed by atoms with Gasteiger partial charge in [-0.15, -0.1) is 0 Å². The maximum atomic E-state index is 11.7. The third-order valence-corrected chi connectivity index (χ3v) is 2.33. The average Bonchev–Trinajstić information content (AvgIpc) is 2.42. The molecule has 3 amide bonds. The number of nitrogens with one attached hydrogen (secondary N) is 1. The smallest absolute Gasteiger partial charge is 0.318 e. The normalized spacial score (nSPS) is 9.79. The highest BCUT2D eigenvalue weighted by atomic mass is 16.2. The van der Waals surface area contributed by atoms with E-state index in [1.54, 1.807) is 24.4 Å². The molecule has 0 atom stereocenters. The zero-order valence-electron chi connectivity index (χ0n) is 10.6. The van der Waals surface area contributed by atoms with Gasteiger partial charge in [-0.25, -0.2) is 0 Å². The second kappa shape index (κ2) is 7.22. The number of amides is 3. The number of hydrogen-bond donors (Lipinski definition) is 2. The summed E-state index contributed by atoms with van der Waals surface area (Å²) in [6.45, 7) is 1.46. The summed E-state index contributed by atoms with van der Waals surface area (Å²) in [5, 5.41) is 2.41. The largest absolute Gasteiger partial charge is 0.342 e. The molecule has 0 radical (unpaired) electrons. The Hall–Kier alpha value is -2.28. The van der Waals surface area contributed by atoms with E-state index in [0.29, 0.717) is 5.69 Å². The Labute approximate surface area is 110 Å². The number of nitrogens with two attached hydrogens (primary N) is 1. The molecule has 1 aromatic rings. The van der Waals surface area contributed by atoms with E-state index in [0.717, 1.165) is 4.90 Å². The molecule has 0 aliphatic heterocycles. The molecule has 1 aromatic heterocycles. The van der Waals surface area contributed by atoms with Crippen LogP contribution in [0, 0.1) is 0 Å². The van der Waals surface area contributed by atoms with Crippen molar-refractivity contribution >= 4 is 17.7 Å². The number of aromatic nitrogens is 1. The summed E-state index contributed by atoms with van der Waals surface area (Å²) in [5.74, 6) is -2.27. The Bertz CT molecular complexity index is 461. The molecule has 0 aromatic carbocycles. The minimum atomic E-state index is -0.908. The van der Waals surface area contributed by atoms with Crippen molar-refractivity contribution < 1.29 is 14.4 Å². The van der Waals surface area contributed by atoms with Crippen LogP contribution in [0.15, 0.2) is 24.4 Å². The Morgan fingerprint density at radius 3 is 2.63 bits per heavy atom. The predicted octanol–water partition coefficient (Wildman–Crippen LogP) is -0.968. The van der Waals surface area contributed by atoms with E-state index in [-0.39, 0.29) is 19.6 Å². The molecule has 0 fully saturated rings. The van der Waals surface area contributed by atoms with Crippen molar-refractivity contribution in [2.24, 2.45) is 5.73 Å². The molecule has 0 saturated heterocycles. The molecule has 3 N–H and O–H groups in total. The lowest BCUT2D eigenvalue weighted by molar-refractivity contribution is -0.151. The minimum Gasteiger partial charge on any atom is -0.342 e. The molecule has 0 aliphatic rings. The van der Waals surface area contributed by atoms with Gasteiger partial charge < -0.3 is 11.1 Å². The summed E-state index contributed by atoms with van der Waals surface area (Å²) in [7, 11) is 0. The highest BCUT2D eigenvalue weighted by Gasteiger charge is 2.24. The Balaban J connectivity index is 2.57. The molecular formula is C12H16N4O3. The molecule has 19 heavy (non-hydrogen) atoms. The van der Waals surface area contributed by atoms with Crippen LogP contribution in [-0.4, -0.2) is 40.7 Å². The second-order valence-electron chi connectivity index (χ2n) is 3.77. The molecule has 0 unspecified atom stereocenters. The first-order valence-electron chi connectivity index (χ1n) is 5.76. The number of nitrogens with zero attached hydrogens (tertiary/aromatic N) is 2.